The van der Waals surface area contributed by atoms with Crippen LogP contribution in [0.15, 0.2) is 131 Å². The fourth-order valence-corrected chi connectivity index (χ4v) is 12.3. The number of rotatable bonds is 3. The maximum atomic E-state index is 7.46. The lowest BCUT2D eigenvalue weighted by Crippen LogP contribution is -2.63. The Bertz CT molecular complexity index is 3280. The molecule has 2 atom stereocenters. The van der Waals surface area contributed by atoms with Crippen molar-refractivity contribution in [3.8, 4) is 0 Å². The van der Waals surface area contributed by atoms with Crippen molar-refractivity contribution in [2.45, 2.75) is 144 Å². The predicted molar refractivity (Wildman–Crippen MR) is 294 cm³/mol. The molecule has 3 nitrogen and oxygen atoms in total. The van der Waals surface area contributed by atoms with Crippen molar-refractivity contribution in [2.75, 3.05) is 9.80 Å². The van der Waals surface area contributed by atoms with Gasteiger partial charge >= 0.3 is 0 Å². The van der Waals surface area contributed by atoms with Crippen molar-refractivity contribution >= 4 is 79.0 Å². The molecular formula is C64H71BN2O. The average Bonchev–Trinajstić information content (AvgIpc) is 3.65. The molecule has 1 aromatic heterocycles. The fraction of sp³-hybridized carbons (Fsp3) is 0.375. The summed E-state index contributed by atoms with van der Waals surface area (Å²) in [5.41, 5.74) is 21.7. The average molecular weight is 895 g/mol. The van der Waals surface area contributed by atoms with E-state index in [2.05, 4.69) is 235 Å². The SMILES string of the molecule is Cc1cc2c3c(c1)N(C1C(c4ccc5ccccc5c4)=CC(C(C)(C)C)=CC1C)c1cc4c(cc1B3c1oc3ccc(C(C)(C)C)cc3c1N2c1ccc(C(C)(C)C)cc1)C(C)(C)CCC4(C)C. The van der Waals surface area contributed by atoms with E-state index in [9.17, 15) is 0 Å². The van der Waals surface area contributed by atoms with Crippen LogP contribution in [0.4, 0.5) is 28.4 Å². The summed E-state index contributed by atoms with van der Waals surface area (Å²) < 4.78 is 7.46. The van der Waals surface area contributed by atoms with Gasteiger partial charge in [-0.3, -0.25) is 0 Å². The highest BCUT2D eigenvalue weighted by Gasteiger charge is 2.51. The maximum Gasteiger partial charge on any atom is 0.297 e. The van der Waals surface area contributed by atoms with Gasteiger partial charge in [0.25, 0.3) is 6.71 Å². The number of hydrogen-bond donors (Lipinski definition) is 0. The van der Waals surface area contributed by atoms with E-state index >= 15 is 0 Å². The second kappa shape index (κ2) is 14.9. The van der Waals surface area contributed by atoms with Gasteiger partial charge in [0.2, 0.25) is 0 Å². The number of anilines is 5. The zero-order valence-corrected chi connectivity index (χ0v) is 43.5. The largest absolute Gasteiger partial charge is 0.468 e. The van der Waals surface area contributed by atoms with Gasteiger partial charge < -0.3 is 14.2 Å². The molecule has 2 unspecified atom stereocenters. The van der Waals surface area contributed by atoms with E-state index in [1.54, 1.807) is 0 Å². The summed E-state index contributed by atoms with van der Waals surface area (Å²) >= 11 is 0. The van der Waals surface area contributed by atoms with Gasteiger partial charge in [-0.05, 0) is 168 Å². The Morgan fingerprint density at radius 2 is 1.26 bits per heavy atom. The standard InChI is InChI=1S/C64H71BN2O/c1-38-30-53-56-54(31-38)67(57-39(2)32-45(62(9,10)11)35-47(57)42-21-20-40-18-16-17-19-41(40)33-42)52-37-50-49(63(12,13)28-29-64(50,14)15)36-51(52)65(56)59-58(48-34-44(61(6,7)8)24-27-55(48)68-59)66(53)46-25-22-43(23-26-46)60(3,4)5/h16-27,30-37,39,57H,28-29H2,1-15H3. The number of fused-ring (bicyclic) bond motifs is 8. The zero-order chi connectivity index (χ0) is 48.2. The normalized spacial score (nSPS) is 19.6. The summed E-state index contributed by atoms with van der Waals surface area (Å²) in [6.07, 6.45) is 7.45. The second-order valence-electron chi connectivity index (χ2n) is 25.5. The molecule has 0 saturated carbocycles. The van der Waals surface area contributed by atoms with Gasteiger partial charge in [-0.1, -0.05) is 170 Å². The monoisotopic (exact) mass is 895 g/mol. The van der Waals surface area contributed by atoms with Crippen LogP contribution in [-0.4, -0.2) is 12.8 Å². The van der Waals surface area contributed by atoms with Gasteiger partial charge in [0, 0.05) is 28.1 Å². The minimum Gasteiger partial charge on any atom is -0.468 e. The van der Waals surface area contributed by atoms with E-state index in [0.717, 1.165) is 29.8 Å². The fourth-order valence-electron chi connectivity index (χ4n) is 12.3. The summed E-state index contributed by atoms with van der Waals surface area (Å²) in [4.78, 5) is 5.38. The molecule has 2 aliphatic heterocycles. The van der Waals surface area contributed by atoms with Gasteiger partial charge in [0.1, 0.15) is 5.58 Å². The molecule has 0 fully saturated rings. The zero-order valence-electron chi connectivity index (χ0n) is 43.5. The first kappa shape index (κ1) is 44.8. The molecule has 4 heteroatoms. The highest BCUT2D eigenvalue weighted by Crippen LogP contribution is 2.53. The highest BCUT2D eigenvalue weighted by atomic mass is 16.3. The van der Waals surface area contributed by atoms with Crippen LogP contribution in [-0.2, 0) is 21.7 Å². The van der Waals surface area contributed by atoms with Crippen LogP contribution in [0.3, 0.4) is 0 Å². The molecule has 6 aromatic carbocycles. The van der Waals surface area contributed by atoms with Gasteiger partial charge in [-0.25, -0.2) is 0 Å². The number of furan rings is 1. The van der Waals surface area contributed by atoms with Crippen LogP contribution in [0.1, 0.15) is 143 Å². The first-order valence-corrected chi connectivity index (χ1v) is 25.4. The second-order valence-corrected chi connectivity index (χ2v) is 25.5. The Balaban J connectivity index is 1.26. The smallest absolute Gasteiger partial charge is 0.297 e. The third-order valence-electron chi connectivity index (χ3n) is 16.5. The van der Waals surface area contributed by atoms with Crippen LogP contribution < -0.4 is 26.4 Å². The number of allylic oxidation sites excluding steroid dienone is 2. The first-order chi connectivity index (χ1) is 31.9. The van der Waals surface area contributed by atoms with E-state index in [1.807, 2.05) is 0 Å². The third kappa shape index (κ3) is 6.97. The van der Waals surface area contributed by atoms with Crippen LogP contribution in [0.25, 0.3) is 27.3 Å². The lowest BCUT2D eigenvalue weighted by Gasteiger charge is -2.50. The molecular weight excluding hydrogens is 824 g/mol. The molecule has 0 saturated heterocycles. The Morgan fingerprint density at radius 1 is 0.632 bits per heavy atom. The molecule has 346 valence electrons. The lowest BCUT2D eigenvalue weighted by molar-refractivity contribution is 0.332. The van der Waals surface area contributed by atoms with Crippen molar-refractivity contribution in [2.24, 2.45) is 11.3 Å². The van der Waals surface area contributed by atoms with Gasteiger partial charge in [-0.15, -0.1) is 0 Å². The minimum atomic E-state index is -0.115. The Kier molecular flexibility index (Phi) is 9.80. The Morgan fingerprint density at radius 3 is 1.93 bits per heavy atom. The number of nitrogens with zero attached hydrogens (tertiary/aromatic N) is 2. The van der Waals surface area contributed by atoms with E-state index in [1.165, 1.54) is 94.4 Å². The van der Waals surface area contributed by atoms with Crippen LogP contribution in [0.2, 0.25) is 0 Å². The van der Waals surface area contributed by atoms with Crippen molar-refractivity contribution in [1.29, 1.82) is 0 Å². The molecule has 11 rings (SSSR count). The minimum absolute atomic E-state index is 0.0107. The summed E-state index contributed by atoms with van der Waals surface area (Å²) in [7, 11) is 0. The van der Waals surface area contributed by atoms with E-state index in [-0.39, 0.29) is 45.7 Å². The number of hydrogen-bond acceptors (Lipinski definition) is 3. The molecule has 0 radical (unpaired) electrons. The van der Waals surface area contributed by atoms with Gasteiger partial charge in [-0.2, -0.15) is 0 Å². The molecule has 68 heavy (non-hydrogen) atoms. The molecule has 7 aromatic rings. The Hall–Kier alpha value is -5.74. The Labute approximate surface area is 407 Å². The summed E-state index contributed by atoms with van der Waals surface area (Å²) in [6, 6.07) is 42.6. The molecule has 0 N–H and O–H groups in total. The molecule has 0 spiro atoms. The van der Waals surface area contributed by atoms with Crippen LogP contribution in [0.5, 0.6) is 0 Å². The van der Waals surface area contributed by atoms with E-state index < -0.39 is 0 Å². The molecule has 4 aliphatic rings. The van der Waals surface area contributed by atoms with Crippen LogP contribution >= 0.6 is 0 Å². The van der Waals surface area contributed by atoms with Crippen molar-refractivity contribution in [3.63, 3.8) is 0 Å². The van der Waals surface area contributed by atoms with E-state index in [4.69, 9.17) is 4.42 Å². The maximum absolute atomic E-state index is 7.46. The molecule has 2 aliphatic carbocycles. The first-order valence-electron chi connectivity index (χ1n) is 25.4. The van der Waals surface area contributed by atoms with Crippen molar-refractivity contribution < 1.29 is 4.42 Å². The third-order valence-corrected chi connectivity index (χ3v) is 16.5. The van der Waals surface area contributed by atoms with Gasteiger partial charge in [0.15, 0.2) is 0 Å². The lowest BCUT2D eigenvalue weighted by atomic mass is 9.35. The topological polar surface area (TPSA) is 19.6 Å². The predicted octanol–water partition coefficient (Wildman–Crippen LogP) is 15.7. The van der Waals surface area contributed by atoms with Crippen LogP contribution in [0, 0.1) is 18.3 Å². The van der Waals surface area contributed by atoms with E-state index in [0.29, 0.717) is 0 Å². The van der Waals surface area contributed by atoms with Crippen molar-refractivity contribution in [3.05, 3.63) is 160 Å². The number of aryl methyl sites for hydroxylation is 1. The summed E-state index contributed by atoms with van der Waals surface area (Å²) in [6.45, 7) is 35.5. The molecule has 0 amide bonds. The quantitative estimate of drug-likeness (QED) is 0.165. The highest BCUT2D eigenvalue weighted by molar-refractivity contribution is 7.00. The molecule has 0 bridgehead atoms. The van der Waals surface area contributed by atoms with Gasteiger partial charge in [0.05, 0.1) is 17.4 Å². The number of benzene rings is 6. The molecule has 3 heterocycles. The van der Waals surface area contributed by atoms with Crippen molar-refractivity contribution in [1.82, 2.24) is 0 Å². The summed E-state index contributed by atoms with van der Waals surface area (Å²) in [5, 5.41) is 3.72. The summed E-state index contributed by atoms with van der Waals surface area (Å²) in [5.74, 6) is 0.193.